The molecule has 0 aliphatic carbocycles. The number of nitrogen functional groups attached to an aromatic ring is 1. The zero-order chi connectivity index (χ0) is 30.1. The van der Waals surface area contributed by atoms with Gasteiger partial charge >= 0.3 is 5.97 Å². The molecule has 3 heterocycles. The number of ether oxygens (including phenoxy) is 2. The van der Waals surface area contributed by atoms with Crippen molar-refractivity contribution in [3.05, 3.63) is 36.7 Å². The summed E-state index contributed by atoms with van der Waals surface area (Å²) in [5, 5.41) is 10.9. The van der Waals surface area contributed by atoms with Crippen LogP contribution >= 0.6 is 7.07 Å². The van der Waals surface area contributed by atoms with Gasteiger partial charge in [0.2, 0.25) is 5.95 Å². The molecular weight excluding hydrogens is 576 g/mol. The molecule has 1 saturated heterocycles. The Morgan fingerprint density at radius 1 is 1.29 bits per heavy atom. The van der Waals surface area contributed by atoms with E-state index < -0.39 is 43.2 Å². The van der Waals surface area contributed by atoms with Gasteiger partial charge in [-0.2, -0.15) is 9.97 Å². The first-order chi connectivity index (χ1) is 19.3. The fourth-order valence-corrected chi connectivity index (χ4v) is 6.09. The molecule has 3 N–H and O–H groups in total. The van der Waals surface area contributed by atoms with Crippen LogP contribution in [0.2, 0.25) is 0 Å². The number of aromatic nitrogens is 4. The Morgan fingerprint density at radius 3 is 2.61 bits per heavy atom. The predicted octanol–water partition coefficient (Wildman–Crippen LogP) is 2.62. The summed E-state index contributed by atoms with van der Waals surface area (Å²) in [6.45, 7) is 6.00. The van der Waals surface area contributed by atoms with E-state index in [0.717, 1.165) is 0 Å². The highest BCUT2D eigenvalue weighted by molar-refractivity contribution is 8.01. The molecule has 1 fully saturated rings. The number of imidazole rings is 1. The minimum absolute atomic E-state index is 0.0242. The topological polar surface area (TPSA) is 150 Å². The molecule has 3 aromatic rings. The van der Waals surface area contributed by atoms with Crippen molar-refractivity contribution in [2.24, 2.45) is 0 Å². The van der Waals surface area contributed by atoms with Gasteiger partial charge in [0.25, 0.3) is 0 Å². The first kappa shape index (κ1) is 31.0. The summed E-state index contributed by atoms with van der Waals surface area (Å²) in [6.07, 6.45) is -2.99. The van der Waals surface area contributed by atoms with E-state index in [-0.39, 0.29) is 24.3 Å². The number of carbonyl (C=O) groups excluding carboxylic acids is 1. The van der Waals surface area contributed by atoms with Crippen molar-refractivity contribution in [2.75, 3.05) is 31.3 Å². The monoisotopic (exact) mass is 611 g/mol. The summed E-state index contributed by atoms with van der Waals surface area (Å²) in [4.78, 5) is 34.4. The van der Waals surface area contributed by atoms with Crippen molar-refractivity contribution in [3.63, 3.8) is 0 Å². The zero-order valence-corrected chi connectivity index (χ0v) is 25.4. The first-order valence-electron chi connectivity index (χ1n) is 12.9. The number of nitrogens with zero attached hydrogens (tertiary/aromatic N) is 6. The number of alkyl halides is 1. The molecule has 1 aliphatic heterocycles. The van der Waals surface area contributed by atoms with E-state index in [9.17, 15) is 9.90 Å². The maximum atomic E-state index is 16.0. The smallest absolute Gasteiger partial charge is 0.327 e. The standard InChI is InChI=1S/C25H35FN7O6PS/c1-14(2)37-22(35)15(3)33(39-16-10-8-7-9-11-16)40(41)36-12-17-19(34)25(4,26)23(38-17)32-13-28-18-20(31(5)6)29-24(27)30-21(18)32/h7-11,13-15,17,19,23,34,40H,12H2,1-6H3,(H2,27,29,30)/t15-,17-,19-,23-,25-/m1/s1. The highest BCUT2D eigenvalue weighted by Gasteiger charge is 2.55. The molecule has 6 atom stereocenters. The highest BCUT2D eigenvalue weighted by atomic mass is 32.4. The number of hydrogen-bond acceptors (Lipinski definition) is 12. The van der Waals surface area contributed by atoms with Gasteiger partial charge in [-0.1, -0.05) is 34.8 Å². The molecule has 0 bridgehead atoms. The molecule has 16 heteroatoms. The van der Waals surface area contributed by atoms with Crippen LogP contribution in [-0.2, 0) is 30.6 Å². The summed E-state index contributed by atoms with van der Waals surface area (Å²) in [5.41, 5.74) is 4.28. The zero-order valence-electron chi connectivity index (χ0n) is 23.6. The van der Waals surface area contributed by atoms with Crippen LogP contribution in [-0.4, -0.2) is 86.2 Å². The van der Waals surface area contributed by atoms with Gasteiger partial charge in [0, 0.05) is 14.1 Å². The van der Waals surface area contributed by atoms with Gasteiger partial charge in [0.15, 0.2) is 36.0 Å². The van der Waals surface area contributed by atoms with Crippen LogP contribution in [0.5, 0.6) is 5.75 Å². The molecule has 0 radical (unpaired) electrons. The van der Waals surface area contributed by atoms with E-state index in [2.05, 4.69) is 15.0 Å². The third-order valence-electron chi connectivity index (χ3n) is 6.36. The second-order valence-corrected chi connectivity index (χ2v) is 12.5. The summed E-state index contributed by atoms with van der Waals surface area (Å²) >= 11 is 5.61. The number of carbonyl (C=O) groups is 1. The van der Waals surface area contributed by atoms with Crippen molar-refractivity contribution in [2.45, 2.75) is 63.9 Å². The lowest BCUT2D eigenvalue weighted by Crippen LogP contribution is -2.41. The van der Waals surface area contributed by atoms with Gasteiger partial charge in [0.1, 0.15) is 24.0 Å². The van der Waals surface area contributed by atoms with Crippen molar-refractivity contribution >= 4 is 47.8 Å². The van der Waals surface area contributed by atoms with E-state index in [0.29, 0.717) is 17.1 Å². The minimum Gasteiger partial charge on any atom is -0.462 e. The molecule has 1 aromatic carbocycles. The molecule has 41 heavy (non-hydrogen) atoms. The lowest BCUT2D eigenvalue weighted by Gasteiger charge is -2.29. The molecule has 4 rings (SSSR count). The quantitative estimate of drug-likeness (QED) is 0.186. The van der Waals surface area contributed by atoms with Gasteiger partial charge < -0.3 is 34.6 Å². The number of rotatable bonds is 11. The Balaban J connectivity index is 1.53. The van der Waals surface area contributed by atoms with Crippen LogP contribution < -0.4 is 15.5 Å². The number of benzene rings is 1. The van der Waals surface area contributed by atoms with Crippen molar-refractivity contribution in [1.29, 1.82) is 0 Å². The molecule has 0 amide bonds. The summed E-state index contributed by atoms with van der Waals surface area (Å²) in [5.74, 6) is 0.313. The molecule has 13 nitrogen and oxygen atoms in total. The maximum Gasteiger partial charge on any atom is 0.327 e. The fourth-order valence-electron chi connectivity index (χ4n) is 4.26. The molecule has 1 unspecified atom stereocenters. The Labute approximate surface area is 242 Å². The third-order valence-corrected chi connectivity index (χ3v) is 8.50. The van der Waals surface area contributed by atoms with Gasteiger partial charge in [-0.05, 0) is 39.8 Å². The van der Waals surface area contributed by atoms with Gasteiger partial charge in [-0.15, -0.1) is 0 Å². The number of hydroxylamine groups is 1. The SMILES string of the molecule is CC(C)OC(=O)[C@@H](C)N(Oc1ccccc1)[PH](=S)OC[C@H]1O[C@@H](n2cnc3c(N(C)C)nc(N)nc32)[C@](C)(F)[C@@H]1O. The van der Waals surface area contributed by atoms with Crippen LogP contribution in [0.15, 0.2) is 36.7 Å². The molecule has 1 aliphatic rings. The Morgan fingerprint density at radius 2 is 1.98 bits per heavy atom. The first-order valence-corrected chi connectivity index (χ1v) is 15.4. The van der Waals surface area contributed by atoms with Crippen molar-refractivity contribution in [3.8, 4) is 5.75 Å². The van der Waals surface area contributed by atoms with Crippen LogP contribution in [0.3, 0.4) is 0 Å². The number of nitrogens with two attached hydrogens (primary N) is 1. The largest absolute Gasteiger partial charge is 0.462 e. The average molecular weight is 612 g/mol. The fraction of sp³-hybridized carbons (Fsp3) is 0.520. The Kier molecular flexibility index (Phi) is 9.46. The molecule has 224 valence electrons. The molecule has 0 saturated carbocycles. The van der Waals surface area contributed by atoms with E-state index in [1.807, 2.05) is 6.07 Å². The van der Waals surface area contributed by atoms with Crippen LogP contribution in [0.25, 0.3) is 11.2 Å². The van der Waals surface area contributed by atoms with E-state index in [1.54, 1.807) is 64.0 Å². The number of anilines is 2. The molecule has 0 spiro atoms. The second-order valence-electron chi connectivity index (χ2n) is 10.2. The molecular formula is C25H35FN7O6PS. The lowest BCUT2D eigenvalue weighted by atomic mass is 9.98. The number of hydrogen-bond donors (Lipinski definition) is 2. The van der Waals surface area contributed by atoms with Crippen LogP contribution in [0, 0.1) is 0 Å². The van der Waals surface area contributed by atoms with Gasteiger partial charge in [-0.25, -0.2) is 9.37 Å². The predicted molar refractivity (Wildman–Crippen MR) is 155 cm³/mol. The number of esters is 1. The van der Waals surface area contributed by atoms with Gasteiger partial charge in [0.05, 0.1) is 19.0 Å². The normalized spacial score (nSPS) is 24.1. The number of fused-ring (bicyclic) bond motifs is 1. The summed E-state index contributed by atoms with van der Waals surface area (Å²) < 4.78 is 34.6. The van der Waals surface area contributed by atoms with E-state index in [4.69, 9.17) is 36.4 Å². The van der Waals surface area contributed by atoms with E-state index in [1.165, 1.54) is 22.7 Å². The Bertz CT molecular complexity index is 1400. The third kappa shape index (κ3) is 6.60. The number of para-hydroxylation sites is 1. The lowest BCUT2D eigenvalue weighted by molar-refractivity contribution is -0.158. The average Bonchev–Trinajstić information content (AvgIpc) is 3.42. The van der Waals surface area contributed by atoms with Crippen LogP contribution in [0.1, 0.15) is 33.9 Å². The maximum absolute atomic E-state index is 16.0. The van der Waals surface area contributed by atoms with Crippen molar-refractivity contribution in [1.82, 2.24) is 24.4 Å². The summed E-state index contributed by atoms with van der Waals surface area (Å²) in [7, 11) is 1.08. The molecule has 2 aromatic heterocycles. The highest BCUT2D eigenvalue weighted by Crippen LogP contribution is 2.44. The Hall–Kier alpha value is -2.94. The summed E-state index contributed by atoms with van der Waals surface area (Å²) in [6, 6.07) is 7.85. The second kappa shape index (κ2) is 12.5. The van der Waals surface area contributed by atoms with Gasteiger partial charge in [-0.3, -0.25) is 9.36 Å². The van der Waals surface area contributed by atoms with Crippen molar-refractivity contribution < 1.29 is 33.1 Å². The van der Waals surface area contributed by atoms with E-state index >= 15 is 4.39 Å². The number of aliphatic hydroxyl groups is 1. The van der Waals surface area contributed by atoms with Crippen LogP contribution in [0.4, 0.5) is 16.2 Å². The number of aliphatic hydroxyl groups excluding tert-OH is 1. The number of halogens is 1. The minimum atomic E-state index is -2.46.